The molecule has 0 aliphatic rings. The Labute approximate surface area is 187 Å². The van der Waals surface area contributed by atoms with Crippen molar-refractivity contribution in [3.8, 4) is 5.75 Å². The predicted octanol–water partition coefficient (Wildman–Crippen LogP) is 8.96. The molecule has 0 aromatic heterocycles. The highest BCUT2D eigenvalue weighted by molar-refractivity contribution is 7.67. The Hall–Kier alpha value is -1.50. The average molecular weight is 447 g/mol. The van der Waals surface area contributed by atoms with Crippen LogP contribution < -0.4 is 0 Å². The fraction of sp³-hybridized carbons (Fsp3) is 0.462. The van der Waals surface area contributed by atoms with Crippen molar-refractivity contribution in [3.05, 3.63) is 70.5 Å². The molecule has 0 atom stereocenters. The Morgan fingerprint density at radius 2 is 1.50 bits per heavy atom. The van der Waals surface area contributed by atoms with Crippen LogP contribution in [0, 0.1) is 0 Å². The zero-order valence-electron chi connectivity index (χ0n) is 18.4. The summed E-state index contributed by atoms with van der Waals surface area (Å²) in [6.45, 7) is 4.39. The molecule has 0 saturated heterocycles. The van der Waals surface area contributed by atoms with Gasteiger partial charge in [-0.15, -0.1) is 0 Å². The Balaban J connectivity index is 2.44. The van der Waals surface area contributed by atoms with E-state index < -0.39 is 7.14 Å². The number of halogens is 1. The first-order valence-corrected chi connectivity index (χ1v) is 13.9. The van der Waals surface area contributed by atoms with E-state index in [4.69, 9.17) is 11.6 Å². The Kier molecular flexibility index (Phi) is 10.8. The summed E-state index contributed by atoms with van der Waals surface area (Å²) < 4.78 is 14.1. The third-order valence-electron chi connectivity index (χ3n) is 5.48. The van der Waals surface area contributed by atoms with E-state index in [9.17, 15) is 9.67 Å². The zero-order valence-corrected chi connectivity index (χ0v) is 20.1. The number of phenolic OH excluding ortho intramolecular Hbond substituents is 1. The van der Waals surface area contributed by atoms with Gasteiger partial charge in [-0.3, -0.25) is 0 Å². The van der Waals surface area contributed by atoms with Gasteiger partial charge in [0.1, 0.15) is 12.9 Å². The number of benzene rings is 2. The van der Waals surface area contributed by atoms with Crippen LogP contribution in [0.4, 0.5) is 0 Å². The van der Waals surface area contributed by atoms with E-state index in [1.54, 1.807) is 18.2 Å². The molecule has 0 unspecified atom stereocenters. The van der Waals surface area contributed by atoms with Crippen LogP contribution in [0.1, 0.15) is 76.3 Å². The molecule has 0 radical (unpaired) electrons. The van der Waals surface area contributed by atoms with Crippen molar-refractivity contribution in [3.63, 3.8) is 0 Å². The zero-order chi connectivity index (χ0) is 21.8. The summed E-state index contributed by atoms with van der Waals surface area (Å²) in [6, 6.07) is 15.0. The average Bonchev–Trinajstić information content (AvgIpc) is 2.75. The second-order valence-electron chi connectivity index (χ2n) is 8.09. The van der Waals surface area contributed by atoms with Gasteiger partial charge in [-0.2, -0.15) is 0 Å². The Bertz CT molecular complexity index is 829. The molecule has 2 rings (SSSR count). The molecule has 2 aromatic carbocycles. The summed E-state index contributed by atoms with van der Waals surface area (Å²) in [7, 11) is -2.54. The third kappa shape index (κ3) is 7.97. The van der Waals surface area contributed by atoms with E-state index in [0.717, 1.165) is 49.1 Å². The monoisotopic (exact) mass is 446 g/mol. The predicted molar refractivity (Wildman–Crippen MR) is 132 cm³/mol. The van der Waals surface area contributed by atoms with Gasteiger partial charge >= 0.3 is 0 Å². The maximum absolute atomic E-state index is 14.1. The van der Waals surface area contributed by atoms with Crippen molar-refractivity contribution in [2.45, 2.75) is 65.2 Å². The highest BCUT2D eigenvalue weighted by Gasteiger charge is 2.22. The van der Waals surface area contributed by atoms with E-state index >= 15 is 0 Å². The molecular weight excluding hydrogens is 411 g/mol. The molecule has 0 aliphatic carbocycles. The fourth-order valence-electron chi connectivity index (χ4n) is 3.73. The lowest BCUT2D eigenvalue weighted by atomic mass is 9.99. The van der Waals surface area contributed by atoms with Crippen LogP contribution >= 0.6 is 18.7 Å². The topological polar surface area (TPSA) is 37.3 Å². The van der Waals surface area contributed by atoms with Crippen molar-refractivity contribution in [2.75, 3.05) is 12.3 Å². The van der Waals surface area contributed by atoms with E-state index in [-0.39, 0.29) is 5.75 Å². The molecule has 2 aromatic rings. The first-order valence-electron chi connectivity index (χ1n) is 11.3. The summed E-state index contributed by atoms with van der Waals surface area (Å²) in [5, 5.41) is 11.1. The minimum atomic E-state index is -2.54. The van der Waals surface area contributed by atoms with Crippen LogP contribution in [0.3, 0.4) is 0 Å². The number of aromatic hydroxyl groups is 1. The molecule has 0 heterocycles. The van der Waals surface area contributed by atoms with Crippen LogP contribution in [0.2, 0.25) is 5.02 Å². The van der Waals surface area contributed by atoms with Crippen molar-refractivity contribution in [1.82, 2.24) is 0 Å². The Morgan fingerprint density at radius 1 is 0.900 bits per heavy atom. The van der Waals surface area contributed by atoms with Gasteiger partial charge in [0.25, 0.3) is 0 Å². The molecule has 30 heavy (non-hydrogen) atoms. The van der Waals surface area contributed by atoms with Crippen LogP contribution in [0.15, 0.2) is 54.3 Å². The van der Waals surface area contributed by atoms with Gasteiger partial charge in [0.15, 0.2) is 0 Å². The van der Waals surface area contributed by atoms with Gasteiger partial charge in [0.2, 0.25) is 0 Å². The first kappa shape index (κ1) is 24.8. The molecule has 0 amide bonds. The largest absolute Gasteiger partial charge is 0.507 e. The fourth-order valence-corrected chi connectivity index (χ4v) is 6.66. The second-order valence-corrected chi connectivity index (χ2v) is 11.6. The molecule has 0 bridgehead atoms. The molecule has 164 valence electrons. The van der Waals surface area contributed by atoms with Gasteiger partial charge in [-0.05, 0) is 48.0 Å². The SMILES string of the molecule is CCCCCCP(=O)(C=C(c1ccccc1)c1cc(Cl)ccc1O)CCCCCC. The number of hydrogen-bond acceptors (Lipinski definition) is 2. The molecule has 0 saturated carbocycles. The summed E-state index contributed by atoms with van der Waals surface area (Å²) in [5.74, 6) is 2.14. The lowest BCUT2D eigenvalue weighted by molar-refractivity contribution is 0.473. The number of hydrogen-bond donors (Lipinski definition) is 1. The third-order valence-corrected chi connectivity index (χ3v) is 8.59. The standard InChI is InChI=1S/C26H36ClO2P/c1-3-5-7-12-18-30(29,19-13-8-6-4-2)21-25(22-14-10-9-11-15-22)24-20-23(27)16-17-26(24)28/h9-11,14-17,20-21,28H,3-8,12-13,18-19H2,1-2H3. The molecular formula is C26H36ClO2P. The maximum Gasteiger partial charge on any atom is 0.123 e. The van der Waals surface area contributed by atoms with Crippen LogP contribution in [-0.4, -0.2) is 17.4 Å². The minimum absolute atomic E-state index is 0.165. The molecule has 0 fully saturated rings. The van der Waals surface area contributed by atoms with Gasteiger partial charge in [-0.1, -0.05) is 94.3 Å². The van der Waals surface area contributed by atoms with Crippen LogP contribution in [-0.2, 0) is 4.57 Å². The van der Waals surface area contributed by atoms with Gasteiger partial charge < -0.3 is 9.67 Å². The van der Waals surface area contributed by atoms with E-state index in [1.165, 1.54) is 25.7 Å². The quantitative estimate of drug-likeness (QED) is 0.246. The number of phenols is 1. The van der Waals surface area contributed by atoms with E-state index in [0.29, 0.717) is 10.6 Å². The highest BCUT2D eigenvalue weighted by atomic mass is 35.5. The summed E-state index contributed by atoms with van der Waals surface area (Å²) >= 11 is 6.25. The molecule has 0 spiro atoms. The van der Waals surface area contributed by atoms with E-state index in [1.807, 2.05) is 36.1 Å². The van der Waals surface area contributed by atoms with Crippen LogP contribution in [0.25, 0.3) is 5.57 Å². The minimum Gasteiger partial charge on any atom is -0.507 e. The number of unbranched alkanes of at least 4 members (excludes halogenated alkanes) is 6. The van der Waals surface area contributed by atoms with Crippen molar-refractivity contribution in [1.29, 1.82) is 0 Å². The number of rotatable bonds is 13. The van der Waals surface area contributed by atoms with E-state index in [2.05, 4.69) is 13.8 Å². The lowest BCUT2D eigenvalue weighted by Gasteiger charge is -2.19. The van der Waals surface area contributed by atoms with Gasteiger partial charge in [-0.25, -0.2) is 0 Å². The smallest absolute Gasteiger partial charge is 0.123 e. The summed E-state index contributed by atoms with van der Waals surface area (Å²) in [4.78, 5) is 0. The molecule has 1 N–H and O–H groups in total. The maximum atomic E-state index is 14.1. The molecule has 4 heteroatoms. The highest BCUT2D eigenvalue weighted by Crippen LogP contribution is 2.52. The second kappa shape index (κ2) is 13.0. The van der Waals surface area contributed by atoms with Crippen molar-refractivity contribution >= 4 is 24.3 Å². The van der Waals surface area contributed by atoms with Gasteiger partial charge in [0, 0.05) is 22.9 Å². The normalized spacial score (nSPS) is 12.3. The van der Waals surface area contributed by atoms with Crippen molar-refractivity contribution < 1.29 is 9.67 Å². The Morgan fingerprint density at radius 3 is 2.07 bits per heavy atom. The van der Waals surface area contributed by atoms with Gasteiger partial charge in [0.05, 0.1) is 0 Å². The molecule has 0 aliphatic heterocycles. The first-order chi connectivity index (χ1) is 14.5. The summed E-state index contributed by atoms with van der Waals surface area (Å²) in [5.41, 5.74) is 2.43. The summed E-state index contributed by atoms with van der Waals surface area (Å²) in [6.07, 6.45) is 10.4. The van der Waals surface area contributed by atoms with Crippen LogP contribution in [0.5, 0.6) is 5.75 Å². The van der Waals surface area contributed by atoms with Crippen molar-refractivity contribution in [2.24, 2.45) is 0 Å². The lowest BCUT2D eigenvalue weighted by Crippen LogP contribution is -1.98. The molecule has 2 nitrogen and oxygen atoms in total.